The van der Waals surface area contributed by atoms with Crippen molar-refractivity contribution in [3.63, 3.8) is 0 Å². The normalized spacial score (nSPS) is 21.5. The van der Waals surface area contributed by atoms with Crippen LogP contribution in [0, 0.1) is 0 Å². The van der Waals surface area contributed by atoms with E-state index in [1.807, 2.05) is 0 Å². The number of amides is 2. The molecule has 0 radical (unpaired) electrons. The van der Waals surface area contributed by atoms with E-state index >= 15 is 0 Å². The van der Waals surface area contributed by atoms with Crippen molar-refractivity contribution in [3.8, 4) is 0 Å². The highest BCUT2D eigenvalue weighted by atomic mass is 35.5. The Balaban J connectivity index is 1.73. The smallest absolute Gasteiger partial charge is 0.253 e. The van der Waals surface area contributed by atoms with E-state index in [0.29, 0.717) is 41.8 Å². The number of halogens is 1. The quantitative estimate of drug-likeness (QED) is 0.889. The molecular weight excluding hydrogens is 326 g/mol. The second-order valence-corrected chi connectivity index (χ2v) is 6.88. The fourth-order valence-electron chi connectivity index (χ4n) is 3.67. The topological polar surface area (TPSA) is 52.7 Å². The van der Waals surface area contributed by atoms with Crippen molar-refractivity contribution in [2.45, 2.75) is 38.6 Å². The molecule has 2 amide bonds. The Morgan fingerprint density at radius 2 is 2.17 bits per heavy atom. The molecule has 2 aliphatic heterocycles. The van der Waals surface area contributed by atoms with Crippen LogP contribution in [0.1, 0.15) is 43.0 Å². The molecule has 2 fully saturated rings. The molecule has 0 aromatic heterocycles. The Hall–Kier alpha value is -1.59. The molecule has 6 heteroatoms. The molecule has 0 bridgehead atoms. The third-order valence-corrected chi connectivity index (χ3v) is 5.21. The maximum Gasteiger partial charge on any atom is 0.253 e. The summed E-state index contributed by atoms with van der Waals surface area (Å²) in [7, 11) is 0. The number of carbonyl (C=O) groups excluding carboxylic acids is 2. The highest BCUT2D eigenvalue weighted by Crippen LogP contribution is 2.28. The SMILES string of the molecule is CCN1CCCC1CNC(=O)c1ccc(Cl)cc1N1CCCC1=O. The first-order chi connectivity index (χ1) is 11.6. The summed E-state index contributed by atoms with van der Waals surface area (Å²) in [4.78, 5) is 28.8. The lowest BCUT2D eigenvalue weighted by atomic mass is 10.1. The fourth-order valence-corrected chi connectivity index (χ4v) is 3.84. The molecule has 1 atom stereocenters. The molecule has 1 unspecified atom stereocenters. The molecule has 2 heterocycles. The van der Waals surface area contributed by atoms with Crippen LogP contribution in [0.3, 0.4) is 0 Å². The molecule has 0 aliphatic carbocycles. The van der Waals surface area contributed by atoms with E-state index < -0.39 is 0 Å². The van der Waals surface area contributed by atoms with Crippen molar-refractivity contribution in [2.24, 2.45) is 0 Å². The number of hydrogen-bond donors (Lipinski definition) is 1. The summed E-state index contributed by atoms with van der Waals surface area (Å²) in [5.41, 5.74) is 1.15. The van der Waals surface area contributed by atoms with E-state index in [4.69, 9.17) is 11.6 Å². The number of carbonyl (C=O) groups is 2. The van der Waals surface area contributed by atoms with Crippen LogP contribution in [0.5, 0.6) is 0 Å². The van der Waals surface area contributed by atoms with Gasteiger partial charge in [-0.25, -0.2) is 0 Å². The molecular formula is C18H24ClN3O2. The number of likely N-dealkylation sites (tertiary alicyclic amines) is 1. The largest absolute Gasteiger partial charge is 0.350 e. The van der Waals surface area contributed by atoms with Gasteiger partial charge in [0, 0.05) is 30.6 Å². The lowest BCUT2D eigenvalue weighted by molar-refractivity contribution is -0.117. The van der Waals surface area contributed by atoms with E-state index in [1.54, 1.807) is 23.1 Å². The number of anilines is 1. The summed E-state index contributed by atoms with van der Waals surface area (Å²) in [5.74, 6) is -0.0800. The predicted molar refractivity (Wildman–Crippen MR) is 95.6 cm³/mol. The minimum absolute atomic E-state index is 0.0549. The molecule has 24 heavy (non-hydrogen) atoms. The monoisotopic (exact) mass is 349 g/mol. The standard InChI is InChI=1S/C18H24ClN3O2/c1-2-21-9-3-5-14(21)12-20-18(24)15-8-7-13(19)11-16(15)22-10-4-6-17(22)23/h7-8,11,14H,2-6,9-10,12H2,1H3,(H,20,24). The lowest BCUT2D eigenvalue weighted by Gasteiger charge is -2.24. The third-order valence-electron chi connectivity index (χ3n) is 4.97. The Labute approximate surface area is 147 Å². The van der Waals surface area contributed by atoms with E-state index in [1.165, 1.54) is 6.42 Å². The van der Waals surface area contributed by atoms with Crippen LogP contribution in [-0.2, 0) is 4.79 Å². The molecule has 1 aromatic carbocycles. The molecule has 2 aliphatic rings. The summed E-state index contributed by atoms with van der Waals surface area (Å²) < 4.78 is 0. The van der Waals surface area contributed by atoms with Crippen molar-refractivity contribution in [1.29, 1.82) is 0 Å². The van der Waals surface area contributed by atoms with E-state index in [-0.39, 0.29) is 11.8 Å². The van der Waals surface area contributed by atoms with Gasteiger partial charge >= 0.3 is 0 Å². The van der Waals surface area contributed by atoms with Crippen molar-refractivity contribution < 1.29 is 9.59 Å². The number of nitrogens with one attached hydrogen (secondary N) is 1. The number of benzene rings is 1. The number of nitrogens with zero attached hydrogens (tertiary/aromatic N) is 2. The van der Waals surface area contributed by atoms with Gasteiger partial charge in [-0.15, -0.1) is 0 Å². The number of hydrogen-bond acceptors (Lipinski definition) is 3. The summed E-state index contributed by atoms with van der Waals surface area (Å²) in [6.07, 6.45) is 3.65. The zero-order chi connectivity index (χ0) is 17.1. The molecule has 5 nitrogen and oxygen atoms in total. The van der Waals surface area contributed by atoms with Gasteiger partial charge in [0.1, 0.15) is 0 Å². The molecule has 1 aromatic rings. The fraction of sp³-hybridized carbons (Fsp3) is 0.556. The summed E-state index contributed by atoms with van der Waals surface area (Å²) in [5, 5.41) is 3.58. The number of rotatable bonds is 5. The Morgan fingerprint density at radius 1 is 1.33 bits per heavy atom. The van der Waals surface area contributed by atoms with Crippen LogP contribution in [0.25, 0.3) is 0 Å². The second-order valence-electron chi connectivity index (χ2n) is 6.45. The van der Waals surface area contributed by atoms with Crippen molar-refractivity contribution in [3.05, 3.63) is 28.8 Å². The first kappa shape index (κ1) is 17.2. The maximum absolute atomic E-state index is 12.7. The summed E-state index contributed by atoms with van der Waals surface area (Å²) in [6, 6.07) is 5.54. The van der Waals surface area contributed by atoms with E-state index in [9.17, 15) is 9.59 Å². The molecule has 2 saturated heterocycles. The van der Waals surface area contributed by atoms with Gasteiger partial charge in [0.2, 0.25) is 5.91 Å². The van der Waals surface area contributed by atoms with Crippen LogP contribution in [0.15, 0.2) is 18.2 Å². The van der Waals surface area contributed by atoms with Crippen LogP contribution in [0.4, 0.5) is 5.69 Å². The maximum atomic E-state index is 12.7. The van der Waals surface area contributed by atoms with Crippen LogP contribution >= 0.6 is 11.6 Å². The molecule has 130 valence electrons. The zero-order valence-corrected chi connectivity index (χ0v) is 14.8. The summed E-state index contributed by atoms with van der Waals surface area (Å²) in [6.45, 7) is 5.55. The van der Waals surface area contributed by atoms with Gasteiger partial charge < -0.3 is 10.2 Å². The summed E-state index contributed by atoms with van der Waals surface area (Å²) >= 11 is 6.09. The molecule has 1 N–H and O–H groups in total. The van der Waals surface area contributed by atoms with Crippen molar-refractivity contribution in [2.75, 3.05) is 31.1 Å². The lowest BCUT2D eigenvalue weighted by Crippen LogP contribution is -2.40. The van der Waals surface area contributed by atoms with Gasteiger partial charge in [-0.3, -0.25) is 14.5 Å². The third kappa shape index (κ3) is 3.57. The average molecular weight is 350 g/mol. The second kappa shape index (κ2) is 7.53. The minimum atomic E-state index is -0.135. The highest BCUT2D eigenvalue weighted by Gasteiger charge is 2.27. The Bertz CT molecular complexity index is 635. The van der Waals surface area contributed by atoms with Crippen LogP contribution in [0.2, 0.25) is 5.02 Å². The Kier molecular flexibility index (Phi) is 5.41. The van der Waals surface area contributed by atoms with Gasteiger partial charge in [0.25, 0.3) is 5.91 Å². The molecule has 3 rings (SSSR count). The van der Waals surface area contributed by atoms with Gasteiger partial charge in [-0.05, 0) is 50.6 Å². The van der Waals surface area contributed by atoms with Gasteiger partial charge in [-0.1, -0.05) is 18.5 Å². The van der Waals surface area contributed by atoms with Gasteiger partial charge in [0.15, 0.2) is 0 Å². The first-order valence-electron chi connectivity index (χ1n) is 8.72. The van der Waals surface area contributed by atoms with E-state index in [2.05, 4.69) is 17.1 Å². The predicted octanol–water partition coefficient (Wildman–Crippen LogP) is 2.68. The highest BCUT2D eigenvalue weighted by molar-refractivity contribution is 6.31. The van der Waals surface area contributed by atoms with Crippen LogP contribution in [-0.4, -0.2) is 48.9 Å². The molecule has 0 saturated carbocycles. The molecule has 0 spiro atoms. The zero-order valence-electron chi connectivity index (χ0n) is 14.1. The number of likely N-dealkylation sites (N-methyl/N-ethyl adjacent to an activating group) is 1. The van der Waals surface area contributed by atoms with Crippen LogP contribution < -0.4 is 10.2 Å². The Morgan fingerprint density at radius 3 is 2.88 bits per heavy atom. The van der Waals surface area contributed by atoms with Gasteiger partial charge in [0.05, 0.1) is 11.3 Å². The van der Waals surface area contributed by atoms with Gasteiger partial charge in [-0.2, -0.15) is 0 Å². The van der Waals surface area contributed by atoms with Crippen molar-refractivity contribution >= 4 is 29.1 Å². The average Bonchev–Trinajstić information content (AvgIpc) is 3.20. The minimum Gasteiger partial charge on any atom is -0.350 e. The first-order valence-corrected chi connectivity index (χ1v) is 9.10. The van der Waals surface area contributed by atoms with Crippen molar-refractivity contribution in [1.82, 2.24) is 10.2 Å². The van der Waals surface area contributed by atoms with E-state index in [0.717, 1.165) is 25.9 Å².